The lowest BCUT2D eigenvalue weighted by Gasteiger charge is -2.15. The van der Waals surface area contributed by atoms with Crippen molar-refractivity contribution in [2.24, 2.45) is 0 Å². The summed E-state index contributed by atoms with van der Waals surface area (Å²) in [6.07, 6.45) is 4.03. The third-order valence-corrected chi connectivity index (χ3v) is 4.49. The number of hydrogen-bond acceptors (Lipinski definition) is 4. The molecule has 0 radical (unpaired) electrons. The fourth-order valence-corrected chi connectivity index (χ4v) is 3.11. The number of para-hydroxylation sites is 2. The number of imidazole rings is 1. The van der Waals surface area contributed by atoms with E-state index in [9.17, 15) is 5.11 Å². The van der Waals surface area contributed by atoms with Gasteiger partial charge in [0.05, 0.1) is 24.7 Å². The van der Waals surface area contributed by atoms with Gasteiger partial charge in [-0.2, -0.15) is 0 Å². The van der Waals surface area contributed by atoms with Gasteiger partial charge >= 0.3 is 0 Å². The smallest absolute Gasteiger partial charge is 0.161 e. The summed E-state index contributed by atoms with van der Waals surface area (Å²) in [4.78, 5) is 4.60. The highest BCUT2D eigenvalue weighted by Gasteiger charge is 2.16. The summed E-state index contributed by atoms with van der Waals surface area (Å²) >= 11 is 0. The maximum Gasteiger partial charge on any atom is 0.161 e. The van der Waals surface area contributed by atoms with Crippen molar-refractivity contribution in [2.45, 2.75) is 32.9 Å². The fraction of sp³-hybridized carbons (Fsp3) is 0.318. The quantitative estimate of drug-likeness (QED) is 0.633. The number of benzene rings is 2. The van der Waals surface area contributed by atoms with Gasteiger partial charge in [0.2, 0.25) is 0 Å². The van der Waals surface area contributed by atoms with Crippen LogP contribution < -0.4 is 9.47 Å². The van der Waals surface area contributed by atoms with Crippen LogP contribution in [0.5, 0.6) is 11.5 Å². The Morgan fingerprint density at radius 1 is 1.19 bits per heavy atom. The number of aromatic nitrogens is 2. The second kappa shape index (κ2) is 8.73. The summed E-state index contributed by atoms with van der Waals surface area (Å²) in [6, 6.07) is 13.8. The fourth-order valence-electron chi connectivity index (χ4n) is 3.11. The molecule has 0 aliphatic rings. The molecule has 5 nitrogen and oxygen atoms in total. The number of aliphatic hydroxyl groups excluding tert-OH is 1. The van der Waals surface area contributed by atoms with Crippen molar-refractivity contribution < 1.29 is 14.6 Å². The summed E-state index contributed by atoms with van der Waals surface area (Å²) in [5.74, 6) is 2.08. The Morgan fingerprint density at radius 3 is 2.74 bits per heavy atom. The topological polar surface area (TPSA) is 56.5 Å². The average molecular weight is 366 g/mol. The third kappa shape index (κ3) is 4.14. The van der Waals surface area contributed by atoms with E-state index >= 15 is 0 Å². The van der Waals surface area contributed by atoms with Crippen LogP contribution >= 0.6 is 0 Å². The van der Waals surface area contributed by atoms with Crippen molar-refractivity contribution in [3.05, 3.63) is 59.9 Å². The van der Waals surface area contributed by atoms with Gasteiger partial charge in [0.1, 0.15) is 18.5 Å². The van der Waals surface area contributed by atoms with E-state index in [1.54, 1.807) is 7.11 Å². The lowest BCUT2D eigenvalue weighted by atomic mass is 10.2. The molecule has 0 bridgehead atoms. The molecule has 0 saturated heterocycles. The summed E-state index contributed by atoms with van der Waals surface area (Å²) in [6.45, 7) is 4.96. The first-order valence-corrected chi connectivity index (χ1v) is 9.24. The summed E-state index contributed by atoms with van der Waals surface area (Å²) < 4.78 is 13.5. The molecule has 0 saturated carbocycles. The monoisotopic (exact) mass is 366 g/mol. The molecule has 1 atom stereocenters. The molecule has 0 amide bonds. The zero-order valence-electron chi connectivity index (χ0n) is 16.1. The average Bonchev–Trinajstić information content (AvgIpc) is 3.07. The maximum atomic E-state index is 10.3. The lowest BCUT2D eigenvalue weighted by Crippen LogP contribution is -2.14. The molecule has 1 heterocycles. The third-order valence-electron chi connectivity index (χ3n) is 4.49. The van der Waals surface area contributed by atoms with Crippen LogP contribution in [0.2, 0.25) is 0 Å². The molecule has 5 heteroatoms. The molecule has 0 fully saturated rings. The van der Waals surface area contributed by atoms with Gasteiger partial charge in [0.15, 0.2) is 11.5 Å². The van der Waals surface area contributed by atoms with E-state index in [0.717, 1.165) is 16.6 Å². The molecule has 3 rings (SSSR count). The minimum atomic E-state index is -0.591. The van der Waals surface area contributed by atoms with Crippen molar-refractivity contribution in [2.75, 3.05) is 13.7 Å². The van der Waals surface area contributed by atoms with Gasteiger partial charge in [0, 0.05) is 0 Å². The Hall–Kier alpha value is -2.79. The van der Waals surface area contributed by atoms with Crippen LogP contribution in [0.15, 0.2) is 48.5 Å². The highest BCUT2D eigenvalue weighted by molar-refractivity contribution is 5.76. The van der Waals surface area contributed by atoms with Crippen LogP contribution in [0.25, 0.3) is 17.1 Å². The highest BCUT2D eigenvalue weighted by atomic mass is 16.5. The van der Waals surface area contributed by atoms with E-state index < -0.39 is 6.10 Å². The van der Waals surface area contributed by atoms with Crippen LogP contribution in [0.4, 0.5) is 0 Å². The second-order valence-electron chi connectivity index (χ2n) is 6.29. The van der Waals surface area contributed by atoms with E-state index in [0.29, 0.717) is 36.9 Å². The highest BCUT2D eigenvalue weighted by Crippen LogP contribution is 2.29. The zero-order chi connectivity index (χ0) is 19.2. The molecular formula is C22H26N2O3. The predicted molar refractivity (Wildman–Crippen MR) is 108 cm³/mol. The lowest BCUT2D eigenvalue weighted by molar-refractivity contribution is 0.157. The number of allylic oxidation sites excluding steroid dienone is 1. The Kier molecular flexibility index (Phi) is 6.14. The van der Waals surface area contributed by atoms with Crippen LogP contribution in [0.1, 0.15) is 37.8 Å². The molecule has 3 aromatic rings. The van der Waals surface area contributed by atoms with E-state index in [1.807, 2.05) is 73.0 Å². The van der Waals surface area contributed by atoms with Gasteiger partial charge in [-0.3, -0.25) is 0 Å². The first-order chi connectivity index (χ1) is 13.2. The van der Waals surface area contributed by atoms with Crippen molar-refractivity contribution in [3.63, 3.8) is 0 Å². The number of nitrogens with zero attached hydrogens (tertiary/aromatic N) is 2. The molecule has 0 unspecified atom stereocenters. The molecular weight excluding hydrogens is 340 g/mol. The largest absolute Gasteiger partial charge is 0.493 e. The second-order valence-corrected chi connectivity index (χ2v) is 6.29. The Morgan fingerprint density at radius 2 is 2.00 bits per heavy atom. The van der Waals surface area contributed by atoms with Gasteiger partial charge in [-0.25, -0.2) is 4.98 Å². The number of aliphatic hydroxyl groups is 1. The number of fused-ring (bicyclic) bond motifs is 1. The number of hydrogen-bond donors (Lipinski definition) is 1. The zero-order valence-corrected chi connectivity index (χ0v) is 16.1. The van der Waals surface area contributed by atoms with Crippen LogP contribution in [0.3, 0.4) is 0 Å². The summed E-state index contributed by atoms with van der Waals surface area (Å²) in [5, 5.41) is 10.3. The Labute approximate surface area is 159 Å². The number of ether oxygens (including phenoxy) is 2. The summed E-state index contributed by atoms with van der Waals surface area (Å²) in [7, 11) is 1.64. The minimum Gasteiger partial charge on any atom is -0.493 e. The molecule has 27 heavy (non-hydrogen) atoms. The molecule has 1 aromatic heterocycles. The van der Waals surface area contributed by atoms with Crippen LogP contribution in [0, 0.1) is 0 Å². The van der Waals surface area contributed by atoms with Crippen LogP contribution in [-0.2, 0) is 6.54 Å². The molecule has 142 valence electrons. The van der Waals surface area contributed by atoms with E-state index in [4.69, 9.17) is 9.47 Å². The van der Waals surface area contributed by atoms with E-state index in [-0.39, 0.29) is 0 Å². The van der Waals surface area contributed by atoms with Crippen molar-refractivity contribution in [3.8, 4) is 11.5 Å². The first-order valence-electron chi connectivity index (χ1n) is 9.24. The van der Waals surface area contributed by atoms with Gasteiger partial charge in [0.25, 0.3) is 0 Å². The molecule has 1 N–H and O–H groups in total. The number of rotatable bonds is 8. The standard InChI is InChI=1S/C22H26N2O3/c1-4-8-16-11-12-20(21(15-16)26-3)27-14-13-24-18-10-7-6-9-17(18)23-22(24)19(25)5-2/h4,6-12,15,19,25H,5,13-14H2,1-3H3/b8-4+/t19-/m1/s1. The van der Waals surface area contributed by atoms with Crippen LogP contribution in [-0.4, -0.2) is 28.4 Å². The normalized spacial score (nSPS) is 12.6. The van der Waals surface area contributed by atoms with Crippen molar-refractivity contribution >= 4 is 17.1 Å². The molecule has 0 aliphatic heterocycles. The molecule has 0 aliphatic carbocycles. The van der Waals surface area contributed by atoms with Gasteiger partial charge < -0.3 is 19.1 Å². The van der Waals surface area contributed by atoms with E-state index in [1.165, 1.54) is 0 Å². The van der Waals surface area contributed by atoms with Gasteiger partial charge in [-0.05, 0) is 43.2 Å². The molecule has 0 spiro atoms. The van der Waals surface area contributed by atoms with Crippen molar-refractivity contribution in [1.82, 2.24) is 9.55 Å². The number of methoxy groups -OCH3 is 1. The first kappa shape index (κ1) is 19.0. The summed E-state index contributed by atoms with van der Waals surface area (Å²) in [5.41, 5.74) is 2.95. The van der Waals surface area contributed by atoms with Crippen molar-refractivity contribution in [1.29, 1.82) is 0 Å². The Balaban J connectivity index is 1.79. The minimum absolute atomic E-state index is 0.448. The van der Waals surface area contributed by atoms with E-state index in [2.05, 4.69) is 4.98 Å². The SMILES string of the molecule is C/C=C/c1ccc(OCCn2c([C@H](O)CC)nc3ccccc32)c(OC)c1. The Bertz CT molecular complexity index is 930. The molecule has 2 aromatic carbocycles. The van der Waals surface area contributed by atoms with Gasteiger partial charge in [-0.15, -0.1) is 0 Å². The maximum absolute atomic E-state index is 10.3. The predicted octanol–water partition coefficient (Wildman–Crippen LogP) is 4.60. The van der Waals surface area contributed by atoms with Gasteiger partial charge in [-0.1, -0.05) is 37.3 Å².